The molecule has 0 aliphatic heterocycles. The number of β-amino-alcohol motifs (C(OH)–C–C–N with tert-alkyl or cyclic N) is 1. The first-order valence-electron chi connectivity index (χ1n) is 14.0. The van der Waals surface area contributed by atoms with Crippen LogP contribution in [0.15, 0.2) is 0 Å². The molecular formula is C27H60F2N2O3. The van der Waals surface area contributed by atoms with Gasteiger partial charge in [0.05, 0.1) is 6.61 Å². The number of nitrogens with one attached hydrogen (secondary N) is 1. The van der Waals surface area contributed by atoms with Gasteiger partial charge in [-0.25, -0.2) is 0 Å². The van der Waals surface area contributed by atoms with Crippen LogP contribution in [0, 0.1) is 5.92 Å². The van der Waals surface area contributed by atoms with Crippen LogP contribution in [-0.4, -0.2) is 53.8 Å². The summed E-state index contributed by atoms with van der Waals surface area (Å²) >= 11 is 0. The lowest BCUT2D eigenvalue weighted by molar-refractivity contribution is 0.0980. The summed E-state index contributed by atoms with van der Waals surface area (Å²) in [6.45, 7) is 3.78. The van der Waals surface area contributed by atoms with Gasteiger partial charge in [-0.1, -0.05) is 96.8 Å². The van der Waals surface area contributed by atoms with Gasteiger partial charge in [-0.05, 0) is 44.6 Å². The highest BCUT2D eigenvalue weighted by molar-refractivity contribution is 4.94. The maximum absolute atomic E-state index is 9.72. The Balaban J connectivity index is -0.00000480. The molecule has 0 bridgehead atoms. The van der Waals surface area contributed by atoms with Crippen LogP contribution < -0.4 is 11.1 Å². The Labute approximate surface area is 209 Å². The lowest BCUT2D eigenvalue weighted by atomic mass is 9.73. The van der Waals surface area contributed by atoms with Gasteiger partial charge in [0.1, 0.15) is 0 Å². The number of hydrogen-bond donors (Lipinski definition) is 5. The molecule has 0 aromatic carbocycles. The first kappa shape index (κ1) is 38.2. The van der Waals surface area contributed by atoms with Gasteiger partial charge >= 0.3 is 0 Å². The van der Waals surface area contributed by atoms with Crippen LogP contribution >= 0.6 is 0 Å². The van der Waals surface area contributed by atoms with Gasteiger partial charge in [-0.3, -0.25) is 9.41 Å². The molecule has 6 N–H and O–H groups in total. The molecule has 7 heteroatoms. The summed E-state index contributed by atoms with van der Waals surface area (Å²) in [4.78, 5) is 0. The number of halogens is 2. The Hall–Kier alpha value is -0.340. The third kappa shape index (κ3) is 19.9. The Kier molecular flexibility index (Phi) is 32.5. The maximum Gasteiger partial charge on any atom is 0.0556 e. The average molecular weight is 499 g/mol. The lowest BCUT2D eigenvalue weighted by Crippen LogP contribution is -2.53. The van der Waals surface area contributed by atoms with E-state index in [1.807, 2.05) is 0 Å². The Bertz CT molecular complexity index is 372. The fraction of sp³-hybridized carbons (Fsp3) is 1.00. The minimum Gasteiger partial charge on any atom is -0.396 e. The predicted octanol–water partition coefficient (Wildman–Crippen LogP) is 5.60. The van der Waals surface area contributed by atoms with Gasteiger partial charge in [0.15, 0.2) is 0 Å². The van der Waals surface area contributed by atoms with Crippen LogP contribution in [-0.2, 0) is 0 Å². The van der Waals surface area contributed by atoms with Gasteiger partial charge < -0.3 is 26.4 Å². The summed E-state index contributed by atoms with van der Waals surface area (Å²) in [6, 6.07) is 0. The number of unbranched alkanes of at least 4 members (excludes halogenated alkanes) is 13. The fourth-order valence-corrected chi connectivity index (χ4v) is 5.21. The molecule has 0 saturated heterocycles. The molecule has 0 spiro atoms. The largest absolute Gasteiger partial charge is 0.396 e. The van der Waals surface area contributed by atoms with E-state index in [1.54, 1.807) is 0 Å². The van der Waals surface area contributed by atoms with E-state index in [4.69, 9.17) is 5.73 Å². The van der Waals surface area contributed by atoms with E-state index in [0.717, 1.165) is 25.7 Å². The van der Waals surface area contributed by atoms with Crippen molar-refractivity contribution in [2.24, 2.45) is 11.7 Å². The van der Waals surface area contributed by atoms with Gasteiger partial charge in [-0.15, -0.1) is 0 Å². The minimum atomic E-state index is -0.240. The highest BCUT2D eigenvalue weighted by atomic mass is 19.0. The second-order valence-corrected chi connectivity index (χ2v) is 9.77. The van der Waals surface area contributed by atoms with Crippen molar-refractivity contribution in [3.8, 4) is 0 Å². The van der Waals surface area contributed by atoms with Crippen molar-refractivity contribution in [1.29, 1.82) is 0 Å². The van der Waals surface area contributed by atoms with Crippen LogP contribution in [0.25, 0.3) is 0 Å². The number of aliphatic hydroxyl groups is 3. The van der Waals surface area contributed by atoms with E-state index in [9.17, 15) is 15.3 Å². The summed E-state index contributed by atoms with van der Waals surface area (Å²) in [5.41, 5.74) is 5.54. The Morgan fingerprint density at radius 3 is 1.53 bits per heavy atom. The molecule has 0 aromatic rings. The van der Waals surface area contributed by atoms with Crippen molar-refractivity contribution in [2.75, 3.05) is 32.9 Å². The Morgan fingerprint density at radius 1 is 0.618 bits per heavy atom. The lowest BCUT2D eigenvalue weighted by Gasteiger charge is -2.42. The summed E-state index contributed by atoms with van der Waals surface area (Å²) < 4.78 is 0. The molecule has 0 aliphatic carbocycles. The molecular weight excluding hydrogens is 438 g/mol. The summed E-state index contributed by atoms with van der Waals surface area (Å²) in [6.07, 6.45) is 23.2. The van der Waals surface area contributed by atoms with Crippen LogP contribution in [0.4, 0.5) is 9.41 Å². The number of aliphatic hydroxyl groups excluding tert-OH is 3. The van der Waals surface area contributed by atoms with E-state index in [-0.39, 0.29) is 34.8 Å². The van der Waals surface area contributed by atoms with Crippen molar-refractivity contribution < 1.29 is 24.7 Å². The van der Waals surface area contributed by atoms with Crippen molar-refractivity contribution >= 4 is 0 Å². The second-order valence-electron chi connectivity index (χ2n) is 9.77. The standard InChI is InChI=1S/C27H58N2O3.2FH/c1-2-3-4-5-6-7-8-9-10-11-12-13-14-15-17-26(18-23-30)27(20-24-31,19-16-21-28)29-22-25-32;;/h26,29-32H,2-25,28H2,1H3;2*1H. The smallest absolute Gasteiger partial charge is 0.0556 e. The monoisotopic (exact) mass is 498 g/mol. The molecule has 2 atom stereocenters. The molecule has 5 nitrogen and oxygen atoms in total. The van der Waals surface area contributed by atoms with Crippen molar-refractivity contribution in [3.05, 3.63) is 0 Å². The van der Waals surface area contributed by atoms with Crippen molar-refractivity contribution in [3.63, 3.8) is 0 Å². The molecule has 0 saturated carbocycles. The molecule has 0 heterocycles. The van der Waals surface area contributed by atoms with E-state index in [1.165, 1.54) is 89.9 Å². The Morgan fingerprint density at radius 2 is 1.12 bits per heavy atom. The van der Waals surface area contributed by atoms with Gasteiger partial charge in [-0.2, -0.15) is 0 Å². The number of nitrogens with two attached hydrogens (primary N) is 1. The van der Waals surface area contributed by atoms with E-state index >= 15 is 0 Å². The minimum absolute atomic E-state index is 0. The molecule has 0 aliphatic rings. The van der Waals surface area contributed by atoms with E-state index in [0.29, 0.717) is 25.4 Å². The maximum atomic E-state index is 9.72. The quantitative estimate of drug-likeness (QED) is 0.1000. The summed E-state index contributed by atoms with van der Waals surface area (Å²) in [5.74, 6) is 0.301. The summed E-state index contributed by atoms with van der Waals surface area (Å²) in [7, 11) is 0. The SMILES string of the molecule is CCCCCCCCCCCCCCCCC(CCO)C(CCO)(CCCN)NCCO.F.F. The molecule has 0 aromatic heterocycles. The van der Waals surface area contributed by atoms with Gasteiger partial charge in [0.25, 0.3) is 0 Å². The fourth-order valence-electron chi connectivity index (χ4n) is 5.21. The zero-order chi connectivity index (χ0) is 23.8. The number of hydrogen-bond acceptors (Lipinski definition) is 5. The first-order chi connectivity index (χ1) is 15.7. The molecule has 0 rings (SSSR count). The molecule has 0 radical (unpaired) electrons. The summed E-state index contributed by atoms with van der Waals surface area (Å²) in [5, 5.41) is 32.3. The van der Waals surface area contributed by atoms with Crippen molar-refractivity contribution in [1.82, 2.24) is 5.32 Å². The van der Waals surface area contributed by atoms with Crippen LogP contribution in [0.1, 0.15) is 129 Å². The topological polar surface area (TPSA) is 98.7 Å². The van der Waals surface area contributed by atoms with E-state index in [2.05, 4.69) is 12.2 Å². The predicted molar refractivity (Wildman–Crippen MR) is 143 cm³/mol. The normalized spacial score (nSPS) is 13.7. The van der Waals surface area contributed by atoms with E-state index < -0.39 is 0 Å². The first-order valence-corrected chi connectivity index (χ1v) is 14.0. The molecule has 210 valence electrons. The third-order valence-electron chi connectivity index (χ3n) is 7.14. The highest BCUT2D eigenvalue weighted by Crippen LogP contribution is 2.33. The number of rotatable bonds is 26. The average Bonchev–Trinajstić information content (AvgIpc) is 2.80. The van der Waals surface area contributed by atoms with Crippen LogP contribution in [0.2, 0.25) is 0 Å². The molecule has 2 unspecified atom stereocenters. The highest BCUT2D eigenvalue weighted by Gasteiger charge is 2.36. The zero-order valence-electron chi connectivity index (χ0n) is 22.3. The second kappa shape index (κ2) is 28.9. The molecule has 0 fully saturated rings. The van der Waals surface area contributed by atoms with Gasteiger partial charge in [0, 0.05) is 25.3 Å². The third-order valence-corrected chi connectivity index (χ3v) is 7.14. The molecule has 34 heavy (non-hydrogen) atoms. The zero-order valence-corrected chi connectivity index (χ0v) is 22.3. The van der Waals surface area contributed by atoms with Crippen molar-refractivity contribution in [2.45, 2.75) is 134 Å². The van der Waals surface area contributed by atoms with Crippen LogP contribution in [0.3, 0.4) is 0 Å². The molecule has 0 amide bonds. The van der Waals surface area contributed by atoms with Gasteiger partial charge in [0.2, 0.25) is 0 Å². The van der Waals surface area contributed by atoms with Crippen LogP contribution in [0.5, 0.6) is 0 Å².